The minimum atomic E-state index is -0.234. The first kappa shape index (κ1) is 11.3. The van der Waals surface area contributed by atoms with Gasteiger partial charge in [-0.15, -0.1) is 0 Å². The summed E-state index contributed by atoms with van der Waals surface area (Å²) in [6.45, 7) is 0.468. The highest BCUT2D eigenvalue weighted by atomic mass is 35.5. The first-order chi connectivity index (χ1) is 8.75. The van der Waals surface area contributed by atoms with Gasteiger partial charge in [0.25, 0.3) is 0 Å². The Labute approximate surface area is 110 Å². The lowest BCUT2D eigenvalue weighted by atomic mass is 9.93. The average molecular weight is 259 g/mol. The molecule has 0 N–H and O–H groups in total. The first-order valence-electron chi connectivity index (χ1n) is 5.80. The predicted octanol–water partition coefficient (Wildman–Crippen LogP) is 3.72. The van der Waals surface area contributed by atoms with Crippen LogP contribution < -0.4 is 0 Å². The Morgan fingerprint density at radius 3 is 2.61 bits per heavy atom. The van der Waals surface area contributed by atoms with Crippen LogP contribution in [0.2, 0.25) is 5.02 Å². The van der Waals surface area contributed by atoms with Crippen molar-refractivity contribution in [2.45, 2.75) is 6.42 Å². The van der Waals surface area contributed by atoms with Crippen molar-refractivity contribution >= 4 is 17.6 Å². The van der Waals surface area contributed by atoms with Crippen LogP contribution in [-0.2, 0) is 11.2 Å². The Kier molecular flexibility index (Phi) is 2.80. The fraction of sp³-hybridized carbons (Fsp3) is 0.133. The third-order valence-corrected chi connectivity index (χ3v) is 3.37. The molecule has 0 amide bonds. The van der Waals surface area contributed by atoms with Gasteiger partial charge in [0.2, 0.25) is 0 Å². The zero-order valence-electron chi connectivity index (χ0n) is 9.65. The molecule has 3 heteroatoms. The lowest BCUT2D eigenvalue weighted by molar-refractivity contribution is 0.0481. The molecule has 90 valence electrons. The molecule has 0 saturated carbocycles. The fourth-order valence-corrected chi connectivity index (χ4v) is 2.37. The summed E-state index contributed by atoms with van der Waals surface area (Å²) in [5.41, 5.74) is 3.63. The molecular formula is C15H11ClO2. The Hall–Kier alpha value is -1.80. The van der Waals surface area contributed by atoms with E-state index in [0.717, 1.165) is 23.1 Å². The average Bonchev–Trinajstić information content (AvgIpc) is 2.39. The van der Waals surface area contributed by atoms with E-state index in [0.29, 0.717) is 17.2 Å². The fourth-order valence-electron chi connectivity index (χ4n) is 2.25. The maximum Gasteiger partial charge on any atom is 0.339 e. The Bertz CT molecular complexity index is 602. The minimum Gasteiger partial charge on any atom is -0.462 e. The van der Waals surface area contributed by atoms with Gasteiger partial charge < -0.3 is 4.74 Å². The largest absolute Gasteiger partial charge is 0.462 e. The van der Waals surface area contributed by atoms with E-state index in [2.05, 4.69) is 0 Å². The van der Waals surface area contributed by atoms with Gasteiger partial charge >= 0.3 is 5.97 Å². The summed E-state index contributed by atoms with van der Waals surface area (Å²) in [4.78, 5) is 11.9. The number of rotatable bonds is 1. The van der Waals surface area contributed by atoms with Gasteiger partial charge in [0, 0.05) is 11.4 Å². The summed E-state index contributed by atoms with van der Waals surface area (Å²) >= 11 is 5.88. The molecule has 0 spiro atoms. The van der Waals surface area contributed by atoms with Crippen LogP contribution in [0.1, 0.15) is 15.9 Å². The minimum absolute atomic E-state index is 0.234. The van der Waals surface area contributed by atoms with Crippen molar-refractivity contribution in [1.29, 1.82) is 0 Å². The number of hydrogen-bond acceptors (Lipinski definition) is 2. The summed E-state index contributed by atoms with van der Waals surface area (Å²) in [5, 5.41) is 0.686. The molecule has 0 aromatic heterocycles. The molecule has 1 heterocycles. The van der Waals surface area contributed by atoms with Gasteiger partial charge in [0.15, 0.2) is 0 Å². The molecule has 0 unspecified atom stereocenters. The summed E-state index contributed by atoms with van der Waals surface area (Å²) < 4.78 is 5.13. The van der Waals surface area contributed by atoms with Crippen molar-refractivity contribution in [3.63, 3.8) is 0 Å². The van der Waals surface area contributed by atoms with E-state index in [-0.39, 0.29) is 5.97 Å². The van der Waals surface area contributed by atoms with Crippen LogP contribution in [0.5, 0.6) is 0 Å². The molecule has 0 saturated heterocycles. The Morgan fingerprint density at radius 2 is 1.83 bits per heavy atom. The lowest BCUT2D eigenvalue weighted by Gasteiger charge is -2.18. The van der Waals surface area contributed by atoms with E-state index in [1.54, 1.807) is 0 Å². The van der Waals surface area contributed by atoms with Crippen LogP contribution in [0.15, 0.2) is 42.5 Å². The molecule has 0 radical (unpaired) electrons. The molecule has 0 bridgehead atoms. The smallest absolute Gasteiger partial charge is 0.339 e. The summed E-state index contributed by atoms with van der Waals surface area (Å²) in [7, 11) is 0. The third kappa shape index (κ3) is 1.89. The van der Waals surface area contributed by atoms with E-state index in [4.69, 9.17) is 16.3 Å². The molecule has 2 nitrogen and oxygen atoms in total. The van der Waals surface area contributed by atoms with Gasteiger partial charge in [-0.25, -0.2) is 4.79 Å². The molecule has 1 aliphatic heterocycles. The zero-order chi connectivity index (χ0) is 12.5. The van der Waals surface area contributed by atoms with Crippen molar-refractivity contribution in [3.05, 3.63) is 58.6 Å². The first-order valence-corrected chi connectivity index (χ1v) is 6.18. The number of carbonyl (C=O) groups excluding carboxylic acids is 1. The Morgan fingerprint density at radius 1 is 1.06 bits per heavy atom. The van der Waals surface area contributed by atoms with Crippen LogP contribution in [0.3, 0.4) is 0 Å². The van der Waals surface area contributed by atoms with Crippen LogP contribution in [0, 0.1) is 0 Å². The van der Waals surface area contributed by atoms with Crippen LogP contribution in [0.25, 0.3) is 11.1 Å². The highest BCUT2D eigenvalue weighted by Crippen LogP contribution is 2.30. The molecule has 18 heavy (non-hydrogen) atoms. The number of carbonyl (C=O) groups is 1. The summed E-state index contributed by atoms with van der Waals surface area (Å²) in [5.74, 6) is -0.234. The SMILES string of the molecule is O=C1OCCc2cccc(-c3ccc(Cl)cc3)c21. The maximum atomic E-state index is 11.9. The van der Waals surface area contributed by atoms with Crippen molar-refractivity contribution in [2.24, 2.45) is 0 Å². The molecule has 1 aliphatic rings. The number of ether oxygens (including phenoxy) is 1. The van der Waals surface area contributed by atoms with Gasteiger partial charge in [0.05, 0.1) is 12.2 Å². The molecule has 2 aromatic rings. The number of fused-ring (bicyclic) bond motifs is 1. The molecular weight excluding hydrogens is 248 g/mol. The number of halogens is 1. The highest BCUT2D eigenvalue weighted by Gasteiger charge is 2.22. The second kappa shape index (κ2) is 4.46. The zero-order valence-corrected chi connectivity index (χ0v) is 10.4. The number of cyclic esters (lactones) is 1. The summed E-state index contributed by atoms with van der Waals surface area (Å²) in [6.07, 6.45) is 0.780. The monoisotopic (exact) mass is 258 g/mol. The van der Waals surface area contributed by atoms with Crippen molar-refractivity contribution in [2.75, 3.05) is 6.61 Å². The summed E-state index contributed by atoms with van der Waals surface area (Å²) in [6, 6.07) is 13.4. The molecule has 3 rings (SSSR count). The van der Waals surface area contributed by atoms with Crippen molar-refractivity contribution in [1.82, 2.24) is 0 Å². The topological polar surface area (TPSA) is 26.3 Å². The second-order valence-electron chi connectivity index (χ2n) is 4.23. The number of benzene rings is 2. The van der Waals surface area contributed by atoms with Crippen LogP contribution in [0.4, 0.5) is 0 Å². The second-order valence-corrected chi connectivity index (χ2v) is 4.67. The lowest BCUT2D eigenvalue weighted by Crippen LogP contribution is -2.18. The van der Waals surface area contributed by atoms with Gasteiger partial charge in [-0.2, -0.15) is 0 Å². The van der Waals surface area contributed by atoms with Crippen LogP contribution >= 0.6 is 11.6 Å². The normalized spacial score (nSPS) is 13.9. The van der Waals surface area contributed by atoms with Crippen LogP contribution in [-0.4, -0.2) is 12.6 Å². The molecule has 0 aliphatic carbocycles. The van der Waals surface area contributed by atoms with Gasteiger partial charge in [-0.3, -0.25) is 0 Å². The molecule has 2 aromatic carbocycles. The molecule has 0 fully saturated rings. The van der Waals surface area contributed by atoms with Gasteiger partial charge in [-0.1, -0.05) is 41.9 Å². The van der Waals surface area contributed by atoms with E-state index in [1.807, 2.05) is 42.5 Å². The van der Waals surface area contributed by atoms with E-state index >= 15 is 0 Å². The molecule has 0 atom stereocenters. The van der Waals surface area contributed by atoms with Crippen molar-refractivity contribution < 1.29 is 9.53 Å². The standard InChI is InChI=1S/C15H11ClO2/c16-12-6-4-10(5-7-12)13-3-1-2-11-8-9-18-15(17)14(11)13/h1-7H,8-9H2. The highest BCUT2D eigenvalue weighted by molar-refractivity contribution is 6.30. The van der Waals surface area contributed by atoms with E-state index in [1.165, 1.54) is 0 Å². The van der Waals surface area contributed by atoms with E-state index < -0.39 is 0 Å². The maximum absolute atomic E-state index is 11.9. The quantitative estimate of drug-likeness (QED) is 0.729. The number of hydrogen-bond donors (Lipinski definition) is 0. The van der Waals surface area contributed by atoms with Gasteiger partial charge in [0.1, 0.15) is 0 Å². The third-order valence-electron chi connectivity index (χ3n) is 3.11. The van der Waals surface area contributed by atoms with E-state index in [9.17, 15) is 4.79 Å². The number of esters is 1. The van der Waals surface area contributed by atoms with Crippen molar-refractivity contribution in [3.8, 4) is 11.1 Å². The van der Waals surface area contributed by atoms with Gasteiger partial charge in [-0.05, 0) is 28.8 Å². The Balaban J connectivity index is 2.18. The predicted molar refractivity (Wildman–Crippen MR) is 70.9 cm³/mol.